The first-order chi connectivity index (χ1) is 4.24. The van der Waals surface area contributed by atoms with Gasteiger partial charge in [-0.1, -0.05) is 22.3 Å². The van der Waals surface area contributed by atoms with Gasteiger partial charge in [0.25, 0.3) is 0 Å². The predicted octanol–water partition coefficient (Wildman–Crippen LogP) is 0.155. The van der Waals surface area contributed by atoms with E-state index < -0.39 is 0 Å². The summed E-state index contributed by atoms with van der Waals surface area (Å²) in [6.07, 6.45) is 0.750. The molecule has 0 amide bonds. The van der Waals surface area contributed by atoms with Crippen LogP contribution in [-0.4, -0.2) is 18.5 Å². The minimum absolute atomic E-state index is 0. The maximum Gasteiger partial charge on any atom is 0.373 e. The molecule has 0 aromatic carbocycles. The SMILES string of the molecule is C.C.C.O=C=O.O=C=O.O=C=O.[Cr]. The second-order valence-corrected chi connectivity index (χ2v) is 0.250. The molecule has 0 N–H and O–H groups in total. The number of carbonyl (C=O) groups excluding carboxylic acids is 6. The number of rotatable bonds is 0. The first-order valence-electron chi connectivity index (χ1n) is 1.22. The smallest absolute Gasteiger partial charge is 0.186 e. The fraction of sp³-hybridized carbons (Fsp3) is 0.500. The summed E-state index contributed by atoms with van der Waals surface area (Å²) in [6, 6.07) is 0. The van der Waals surface area contributed by atoms with Crippen molar-refractivity contribution in [2.45, 2.75) is 22.3 Å². The second kappa shape index (κ2) is 357. The molecule has 0 bridgehead atoms. The minimum atomic E-state index is 0. The van der Waals surface area contributed by atoms with Gasteiger partial charge in [0.15, 0.2) is 0 Å². The van der Waals surface area contributed by atoms with E-state index in [9.17, 15) is 0 Å². The Labute approximate surface area is 87.4 Å². The molecule has 78 valence electrons. The quantitative estimate of drug-likeness (QED) is 0.589. The van der Waals surface area contributed by atoms with Crippen LogP contribution in [0.25, 0.3) is 0 Å². The van der Waals surface area contributed by atoms with Crippen molar-refractivity contribution >= 4 is 18.5 Å². The van der Waals surface area contributed by atoms with Crippen LogP contribution in [0.5, 0.6) is 0 Å². The molecule has 0 aliphatic heterocycles. The average molecular weight is 232 g/mol. The van der Waals surface area contributed by atoms with Crippen LogP contribution in [0, 0.1) is 0 Å². The summed E-state index contributed by atoms with van der Waals surface area (Å²) in [7, 11) is 0. The maximum atomic E-state index is 8.12. The van der Waals surface area contributed by atoms with Crippen molar-refractivity contribution in [3.63, 3.8) is 0 Å². The molecular formula is C6H12CrO6. The van der Waals surface area contributed by atoms with Gasteiger partial charge in [0, 0.05) is 17.4 Å². The van der Waals surface area contributed by atoms with Crippen molar-refractivity contribution in [2.75, 3.05) is 0 Å². The Hall–Kier alpha value is -1.33. The largest absolute Gasteiger partial charge is 0.373 e. The van der Waals surface area contributed by atoms with Gasteiger partial charge in [-0.15, -0.1) is 0 Å². The van der Waals surface area contributed by atoms with E-state index in [1.54, 1.807) is 0 Å². The molecule has 0 saturated carbocycles. The topological polar surface area (TPSA) is 102 Å². The monoisotopic (exact) mass is 232 g/mol. The van der Waals surface area contributed by atoms with Crippen LogP contribution < -0.4 is 0 Å². The van der Waals surface area contributed by atoms with Gasteiger partial charge >= 0.3 is 18.5 Å². The molecule has 0 fully saturated rings. The fourth-order valence-electron chi connectivity index (χ4n) is 0. The van der Waals surface area contributed by atoms with Crippen LogP contribution in [0.1, 0.15) is 22.3 Å². The Balaban J connectivity index is -0.00000000720. The van der Waals surface area contributed by atoms with E-state index in [-0.39, 0.29) is 58.1 Å². The Morgan fingerprint density at radius 2 is 0.462 bits per heavy atom. The van der Waals surface area contributed by atoms with Crippen molar-refractivity contribution in [3.05, 3.63) is 0 Å². The molecule has 6 nitrogen and oxygen atoms in total. The Morgan fingerprint density at radius 1 is 0.462 bits per heavy atom. The van der Waals surface area contributed by atoms with Crippen molar-refractivity contribution in [1.29, 1.82) is 0 Å². The molecule has 13 heavy (non-hydrogen) atoms. The van der Waals surface area contributed by atoms with Crippen LogP contribution in [0.4, 0.5) is 0 Å². The number of hydrogen-bond acceptors (Lipinski definition) is 6. The van der Waals surface area contributed by atoms with Crippen LogP contribution in [0.15, 0.2) is 0 Å². The molecule has 0 saturated heterocycles. The van der Waals surface area contributed by atoms with E-state index in [0.29, 0.717) is 0 Å². The summed E-state index contributed by atoms with van der Waals surface area (Å²) >= 11 is 0. The summed E-state index contributed by atoms with van der Waals surface area (Å²) in [6.45, 7) is 0. The molecule has 7 heteroatoms. The van der Waals surface area contributed by atoms with Gasteiger partial charge < -0.3 is 0 Å². The van der Waals surface area contributed by atoms with Gasteiger partial charge in [0.1, 0.15) is 0 Å². The molecule has 0 aliphatic carbocycles. The summed E-state index contributed by atoms with van der Waals surface area (Å²) in [5.41, 5.74) is 0. The van der Waals surface area contributed by atoms with Crippen molar-refractivity contribution < 1.29 is 46.1 Å². The third kappa shape index (κ3) is 455. The third-order valence-electron chi connectivity index (χ3n) is 0. The third-order valence-corrected chi connectivity index (χ3v) is 0. The summed E-state index contributed by atoms with van der Waals surface area (Å²) in [5, 5.41) is 0. The summed E-state index contributed by atoms with van der Waals surface area (Å²) in [4.78, 5) is 48.8. The first kappa shape index (κ1) is 60.9. The molecule has 0 atom stereocenters. The molecule has 0 unspecified atom stereocenters. The predicted molar refractivity (Wildman–Crippen MR) is 35.2 cm³/mol. The molecule has 0 spiro atoms. The van der Waals surface area contributed by atoms with Crippen LogP contribution in [0.3, 0.4) is 0 Å². The van der Waals surface area contributed by atoms with Crippen LogP contribution >= 0.6 is 0 Å². The number of hydrogen-bond donors (Lipinski definition) is 0. The van der Waals surface area contributed by atoms with Gasteiger partial charge in [-0.05, 0) is 0 Å². The van der Waals surface area contributed by atoms with E-state index in [4.69, 9.17) is 28.8 Å². The summed E-state index contributed by atoms with van der Waals surface area (Å²) < 4.78 is 0. The van der Waals surface area contributed by atoms with Crippen molar-refractivity contribution in [3.8, 4) is 0 Å². The maximum absolute atomic E-state index is 8.12. The Bertz CT molecular complexity index is 109. The summed E-state index contributed by atoms with van der Waals surface area (Å²) in [5.74, 6) is 0. The minimum Gasteiger partial charge on any atom is -0.186 e. The molecule has 0 radical (unpaired) electrons. The molecule has 0 aromatic heterocycles. The second-order valence-electron chi connectivity index (χ2n) is 0.250. The molecular weight excluding hydrogens is 220 g/mol. The Morgan fingerprint density at radius 3 is 0.462 bits per heavy atom. The van der Waals surface area contributed by atoms with E-state index in [1.165, 1.54) is 0 Å². The first-order valence-corrected chi connectivity index (χ1v) is 1.22. The van der Waals surface area contributed by atoms with Gasteiger partial charge in [0.2, 0.25) is 0 Å². The van der Waals surface area contributed by atoms with E-state index in [0.717, 1.165) is 0 Å². The van der Waals surface area contributed by atoms with E-state index in [2.05, 4.69) is 0 Å². The zero-order valence-corrected chi connectivity index (χ0v) is 5.63. The van der Waals surface area contributed by atoms with Gasteiger partial charge in [-0.3, -0.25) is 0 Å². The van der Waals surface area contributed by atoms with E-state index >= 15 is 0 Å². The fourth-order valence-corrected chi connectivity index (χ4v) is 0. The zero-order chi connectivity index (χ0) is 8.12. The average Bonchev–Trinajstić information content (AvgIpc) is 1.70. The van der Waals surface area contributed by atoms with Crippen LogP contribution in [-0.2, 0) is 46.1 Å². The molecule has 0 aromatic rings. The van der Waals surface area contributed by atoms with Crippen molar-refractivity contribution in [1.82, 2.24) is 0 Å². The standard InChI is InChI=1S/3CO2.3CH4.Cr/c3*2-1-3;;;;/h;;;3*1H4;. The normalized spacial score (nSPS) is 1.85. The molecule has 0 heterocycles. The molecule has 0 rings (SSSR count). The van der Waals surface area contributed by atoms with Crippen molar-refractivity contribution in [2.24, 2.45) is 0 Å². The van der Waals surface area contributed by atoms with Gasteiger partial charge in [0.05, 0.1) is 0 Å². The van der Waals surface area contributed by atoms with Crippen LogP contribution in [0.2, 0.25) is 0 Å². The van der Waals surface area contributed by atoms with Gasteiger partial charge in [-0.25, -0.2) is 0 Å². The molecule has 0 aliphatic rings. The zero-order valence-electron chi connectivity index (χ0n) is 4.36. The Kier molecular flexibility index (Phi) is 1670. The van der Waals surface area contributed by atoms with E-state index in [1.807, 2.05) is 0 Å². The van der Waals surface area contributed by atoms with Gasteiger partial charge in [-0.2, -0.15) is 28.8 Å².